The first-order valence-electron chi connectivity index (χ1n) is 14.1. The van der Waals surface area contributed by atoms with Crippen LogP contribution < -0.4 is 21.8 Å². The standard InChI is InChI=1S/C15H17ClN4O3.C15H18N4O3.2CH4/c1-11(21)23-9-8-20-13(16)10-19-14(15(20)22)18-7-5-12-4-2-3-6-17-12;1-12(20)22-11-10-19-9-8-18-14(15(19)21)17-7-5-13-4-2-3-6-16-13;;/h2-4,6,10H,5,7-9H2,1H3,(H,18,19);2-4,6,8-9H,5,7,10-11H2,1H3,(H,17,18);2*1H4. The Kier molecular flexibility index (Phi) is 18.3. The largest absolute Gasteiger partial charge is 0.464 e. The van der Waals surface area contributed by atoms with Gasteiger partial charge in [0.2, 0.25) is 0 Å². The van der Waals surface area contributed by atoms with E-state index < -0.39 is 5.97 Å². The molecule has 0 aliphatic heterocycles. The Morgan fingerprint density at radius 2 is 1.28 bits per heavy atom. The molecule has 15 heteroatoms. The molecule has 4 aromatic heterocycles. The van der Waals surface area contributed by atoms with Gasteiger partial charge in [-0.05, 0) is 24.3 Å². The molecular weight excluding hydrogens is 628 g/mol. The van der Waals surface area contributed by atoms with Crippen LogP contribution in [0.25, 0.3) is 0 Å². The summed E-state index contributed by atoms with van der Waals surface area (Å²) >= 11 is 5.97. The van der Waals surface area contributed by atoms with E-state index >= 15 is 0 Å². The Hall–Kier alpha value is -5.11. The van der Waals surface area contributed by atoms with Crippen LogP contribution in [0.15, 0.2) is 77.0 Å². The van der Waals surface area contributed by atoms with Crippen LogP contribution in [0.5, 0.6) is 0 Å². The smallest absolute Gasteiger partial charge is 0.302 e. The van der Waals surface area contributed by atoms with Gasteiger partial charge in [0.1, 0.15) is 18.4 Å². The summed E-state index contributed by atoms with van der Waals surface area (Å²) in [6.45, 7) is 4.43. The molecule has 4 aromatic rings. The van der Waals surface area contributed by atoms with Gasteiger partial charge in [0.05, 0.1) is 19.3 Å². The van der Waals surface area contributed by atoms with E-state index in [1.807, 2.05) is 36.4 Å². The molecule has 0 aliphatic carbocycles. The predicted octanol–water partition coefficient (Wildman–Crippen LogP) is 3.64. The van der Waals surface area contributed by atoms with Gasteiger partial charge in [-0.25, -0.2) is 9.97 Å². The van der Waals surface area contributed by atoms with Crippen molar-refractivity contribution in [3.63, 3.8) is 0 Å². The number of anilines is 2. The van der Waals surface area contributed by atoms with Gasteiger partial charge in [-0.3, -0.25) is 33.7 Å². The number of pyridine rings is 2. The lowest BCUT2D eigenvalue weighted by atomic mass is 10.3. The molecule has 0 saturated heterocycles. The summed E-state index contributed by atoms with van der Waals surface area (Å²) in [5.41, 5.74) is 1.27. The number of halogens is 1. The summed E-state index contributed by atoms with van der Waals surface area (Å²) in [5.74, 6) is -0.290. The van der Waals surface area contributed by atoms with Crippen LogP contribution >= 0.6 is 11.6 Å². The SMILES string of the molecule is C.C.CC(=O)OCCn1c(Cl)cnc(NCCc2ccccn2)c1=O.CC(=O)OCCn1ccnc(NCCc2ccccn2)c1=O. The van der Waals surface area contributed by atoms with Crippen molar-refractivity contribution in [2.45, 2.75) is 54.6 Å². The Bertz CT molecular complexity index is 1630. The number of hydrogen-bond acceptors (Lipinski definition) is 12. The fraction of sp³-hybridized carbons (Fsp3) is 0.375. The van der Waals surface area contributed by atoms with Crippen LogP contribution in [-0.2, 0) is 45.0 Å². The van der Waals surface area contributed by atoms with Crippen molar-refractivity contribution in [3.8, 4) is 0 Å². The normalized spacial score (nSPS) is 9.85. The molecule has 0 atom stereocenters. The molecule has 0 bridgehead atoms. The topological polar surface area (TPSA) is 172 Å². The molecule has 4 heterocycles. The third-order valence-electron chi connectivity index (χ3n) is 5.98. The maximum Gasteiger partial charge on any atom is 0.302 e. The number of nitrogens with one attached hydrogen (secondary N) is 2. The van der Waals surface area contributed by atoms with E-state index in [9.17, 15) is 19.2 Å². The van der Waals surface area contributed by atoms with Crippen LogP contribution in [-0.4, -0.2) is 67.3 Å². The summed E-state index contributed by atoms with van der Waals surface area (Å²) < 4.78 is 12.4. The Labute approximate surface area is 279 Å². The van der Waals surface area contributed by atoms with Crippen molar-refractivity contribution in [1.29, 1.82) is 0 Å². The van der Waals surface area contributed by atoms with Gasteiger partial charge in [0.25, 0.3) is 11.1 Å². The minimum Gasteiger partial charge on any atom is -0.464 e. The van der Waals surface area contributed by atoms with Crippen LogP contribution in [0.1, 0.15) is 40.1 Å². The number of nitrogens with zero attached hydrogens (tertiary/aromatic N) is 6. The Balaban J connectivity index is 0.000000451. The summed E-state index contributed by atoms with van der Waals surface area (Å²) in [6, 6.07) is 11.4. The van der Waals surface area contributed by atoms with Gasteiger partial charge in [-0.2, -0.15) is 0 Å². The third-order valence-corrected chi connectivity index (χ3v) is 6.28. The summed E-state index contributed by atoms with van der Waals surface area (Å²) in [4.78, 5) is 62.4. The predicted molar refractivity (Wildman–Crippen MR) is 182 cm³/mol. The zero-order valence-corrected chi connectivity index (χ0v) is 25.8. The number of ether oxygens (including phenoxy) is 2. The van der Waals surface area contributed by atoms with Crippen LogP contribution in [0.2, 0.25) is 5.15 Å². The molecule has 0 spiro atoms. The first kappa shape index (κ1) is 39.9. The van der Waals surface area contributed by atoms with E-state index in [0.29, 0.717) is 32.5 Å². The molecule has 0 unspecified atom stereocenters. The second-order valence-corrected chi connectivity index (χ2v) is 9.72. The monoisotopic (exact) mass is 670 g/mol. The van der Waals surface area contributed by atoms with Crippen molar-refractivity contribution in [2.24, 2.45) is 0 Å². The number of esters is 2. The summed E-state index contributed by atoms with van der Waals surface area (Å²) in [7, 11) is 0. The molecule has 0 saturated carbocycles. The number of carbonyl (C=O) groups excluding carboxylic acids is 2. The molecule has 0 fully saturated rings. The van der Waals surface area contributed by atoms with Gasteiger partial charge in [-0.1, -0.05) is 38.6 Å². The van der Waals surface area contributed by atoms with Gasteiger partial charge >= 0.3 is 11.9 Å². The second kappa shape index (κ2) is 21.6. The van der Waals surface area contributed by atoms with Crippen molar-refractivity contribution in [2.75, 3.05) is 36.9 Å². The zero-order chi connectivity index (χ0) is 32.4. The van der Waals surface area contributed by atoms with Crippen LogP contribution in [0, 0.1) is 0 Å². The van der Waals surface area contributed by atoms with Crippen molar-refractivity contribution in [3.05, 3.63) is 105 Å². The van der Waals surface area contributed by atoms with Crippen LogP contribution in [0.3, 0.4) is 0 Å². The van der Waals surface area contributed by atoms with Crippen LogP contribution in [0.4, 0.5) is 11.6 Å². The maximum absolute atomic E-state index is 12.3. The molecule has 0 amide bonds. The van der Waals surface area contributed by atoms with Gasteiger partial charge in [0, 0.05) is 76.0 Å². The van der Waals surface area contributed by atoms with E-state index in [0.717, 1.165) is 11.4 Å². The van der Waals surface area contributed by atoms with E-state index in [1.54, 1.807) is 18.6 Å². The molecule has 2 N–H and O–H groups in total. The highest BCUT2D eigenvalue weighted by Crippen LogP contribution is 2.07. The molecule has 0 aliphatic rings. The minimum absolute atomic E-state index is 0. The second-order valence-electron chi connectivity index (χ2n) is 9.34. The lowest BCUT2D eigenvalue weighted by Crippen LogP contribution is -2.28. The fourth-order valence-corrected chi connectivity index (χ4v) is 4.03. The van der Waals surface area contributed by atoms with E-state index in [1.165, 1.54) is 35.4 Å². The van der Waals surface area contributed by atoms with Gasteiger partial charge in [0.15, 0.2) is 11.6 Å². The highest BCUT2D eigenvalue weighted by atomic mass is 35.5. The number of rotatable bonds is 14. The minimum atomic E-state index is -0.406. The van der Waals surface area contributed by atoms with Gasteiger partial charge in [-0.15, -0.1) is 0 Å². The van der Waals surface area contributed by atoms with E-state index in [-0.39, 0.29) is 68.5 Å². The zero-order valence-electron chi connectivity index (χ0n) is 25.0. The number of carbonyl (C=O) groups is 2. The average Bonchev–Trinajstić information content (AvgIpc) is 3.02. The highest BCUT2D eigenvalue weighted by Gasteiger charge is 2.10. The van der Waals surface area contributed by atoms with E-state index in [2.05, 4.69) is 30.6 Å². The quantitative estimate of drug-likeness (QED) is 0.187. The van der Waals surface area contributed by atoms with E-state index in [4.69, 9.17) is 21.1 Å². The van der Waals surface area contributed by atoms with Crippen molar-refractivity contribution >= 4 is 35.2 Å². The first-order chi connectivity index (χ1) is 21.7. The Morgan fingerprint density at radius 3 is 1.79 bits per heavy atom. The molecule has 0 radical (unpaired) electrons. The lowest BCUT2D eigenvalue weighted by Gasteiger charge is -2.11. The number of aromatic nitrogens is 6. The molecule has 47 heavy (non-hydrogen) atoms. The van der Waals surface area contributed by atoms with Crippen molar-refractivity contribution in [1.82, 2.24) is 29.1 Å². The van der Waals surface area contributed by atoms with Crippen molar-refractivity contribution < 1.29 is 19.1 Å². The van der Waals surface area contributed by atoms with Gasteiger partial charge < -0.3 is 24.7 Å². The molecule has 4 rings (SSSR count). The first-order valence-corrected chi connectivity index (χ1v) is 14.5. The third kappa shape index (κ3) is 14.2. The fourth-order valence-electron chi connectivity index (χ4n) is 3.82. The molecule has 0 aromatic carbocycles. The molecule has 254 valence electrons. The average molecular weight is 671 g/mol. The molecular formula is C32H43ClN8O6. The highest BCUT2D eigenvalue weighted by molar-refractivity contribution is 6.29. The number of hydrogen-bond donors (Lipinski definition) is 2. The maximum atomic E-state index is 12.3. The summed E-state index contributed by atoms with van der Waals surface area (Å²) in [5, 5.41) is 6.18. The Morgan fingerprint density at radius 1 is 0.745 bits per heavy atom. The lowest BCUT2D eigenvalue weighted by molar-refractivity contribution is -0.142. The summed E-state index contributed by atoms with van der Waals surface area (Å²) in [6.07, 6.45) is 9.31. The molecule has 14 nitrogen and oxygen atoms in total.